The molecule has 7 nitrogen and oxygen atoms in total. The molecule has 0 fully saturated rings. The van der Waals surface area contributed by atoms with Gasteiger partial charge >= 0.3 is 5.97 Å². The van der Waals surface area contributed by atoms with Crippen molar-refractivity contribution >= 4 is 58.7 Å². The first kappa shape index (κ1) is 27.6. The summed E-state index contributed by atoms with van der Waals surface area (Å²) in [6.45, 7) is 4.34. The topological polar surface area (TPSA) is 80.2 Å². The molecule has 0 spiro atoms. The van der Waals surface area contributed by atoms with Gasteiger partial charge in [0, 0.05) is 37.2 Å². The lowest BCUT2D eigenvalue weighted by Crippen LogP contribution is -2.31. The molecular weight excluding hydrogens is 482 g/mol. The first-order valence-electron chi connectivity index (χ1n) is 11.0. The molecule has 0 aliphatic carbocycles. The quantitative estimate of drug-likeness (QED) is 0.241. The van der Waals surface area contributed by atoms with E-state index in [-0.39, 0.29) is 24.3 Å². The number of anilines is 1. The lowest BCUT2D eigenvalue weighted by atomic mass is 10.2. The number of aliphatic imine (C=N–C) groups is 1. The Morgan fingerprint density at radius 3 is 2.73 bits per heavy atom. The van der Waals surface area contributed by atoms with Gasteiger partial charge in [0.15, 0.2) is 5.17 Å². The summed E-state index contributed by atoms with van der Waals surface area (Å²) in [6.07, 6.45) is 4.41. The van der Waals surface area contributed by atoms with Crippen LogP contribution < -0.4 is 5.32 Å². The van der Waals surface area contributed by atoms with E-state index in [0.717, 1.165) is 66.0 Å². The van der Waals surface area contributed by atoms with Crippen molar-refractivity contribution in [2.24, 2.45) is 4.99 Å². The predicted octanol–water partition coefficient (Wildman–Crippen LogP) is 4.93. The molecule has 0 saturated heterocycles. The molecule has 2 aliphatic heterocycles. The number of hydrogen-bond acceptors (Lipinski definition) is 8. The number of unbranched alkanes of at least 4 members (excludes halogenated alkanes) is 2. The zero-order valence-electron chi connectivity index (χ0n) is 19.1. The second-order valence-corrected chi connectivity index (χ2v) is 9.57. The maximum Gasteiger partial charge on any atom is 0.305 e. The number of fused-ring (bicyclic) bond motifs is 1. The molecule has 2 aliphatic rings. The van der Waals surface area contributed by atoms with Crippen molar-refractivity contribution in [1.82, 2.24) is 4.90 Å². The van der Waals surface area contributed by atoms with Crippen LogP contribution in [0.15, 0.2) is 44.8 Å². The van der Waals surface area contributed by atoms with E-state index in [1.807, 2.05) is 31.2 Å². The molecule has 1 N–H and O–H groups in total. The molecule has 3 rings (SSSR count). The molecule has 0 radical (unpaired) electrons. The molecule has 0 bridgehead atoms. The Kier molecular flexibility index (Phi) is 12.2. The highest BCUT2D eigenvalue weighted by Crippen LogP contribution is 2.37. The Balaban J connectivity index is 0.00000385. The third-order valence-electron chi connectivity index (χ3n) is 5.00. The normalized spacial score (nSPS) is 15.0. The van der Waals surface area contributed by atoms with Gasteiger partial charge in [0.25, 0.3) is 5.91 Å². The number of methoxy groups -OCH3 is 1. The number of hydrogen-bond donors (Lipinski definition) is 1. The second kappa shape index (κ2) is 14.6. The number of rotatable bonds is 12. The molecule has 0 atom stereocenters. The van der Waals surface area contributed by atoms with Gasteiger partial charge in [-0.25, -0.2) is 0 Å². The summed E-state index contributed by atoms with van der Waals surface area (Å²) >= 11 is 3.21. The van der Waals surface area contributed by atoms with E-state index in [2.05, 4.69) is 15.2 Å². The summed E-state index contributed by atoms with van der Waals surface area (Å²) in [5.41, 5.74) is 1.66. The number of nitrogens with zero attached hydrogens (tertiary/aromatic N) is 2. The standard InChI is InChI=1S/C23H31N3O4S2.ClH/c1-3-30-20(27)8-5-4-6-15-31-18-11-9-17(10-12-18)25-22(28)21-19(16-29-2)26-14-7-13-24-23(26)32-21;/h9-12H,3-8,13-16H2,1-2H3,(H,25,28);1H. The molecule has 2 heterocycles. The molecule has 0 unspecified atom stereocenters. The van der Waals surface area contributed by atoms with Gasteiger partial charge < -0.3 is 19.7 Å². The summed E-state index contributed by atoms with van der Waals surface area (Å²) in [5, 5.41) is 3.90. The average molecular weight is 514 g/mol. The number of amidine groups is 1. The number of carbonyl (C=O) groups excluding carboxylic acids is 2. The van der Waals surface area contributed by atoms with Gasteiger partial charge in [0.05, 0.1) is 18.9 Å². The Morgan fingerprint density at radius 2 is 2.00 bits per heavy atom. The smallest absolute Gasteiger partial charge is 0.305 e. The Hall–Kier alpha value is -1.68. The van der Waals surface area contributed by atoms with Gasteiger partial charge in [-0.2, -0.15) is 0 Å². The van der Waals surface area contributed by atoms with E-state index in [4.69, 9.17) is 9.47 Å². The summed E-state index contributed by atoms with van der Waals surface area (Å²) in [7, 11) is 1.64. The second-order valence-electron chi connectivity index (χ2n) is 7.42. The van der Waals surface area contributed by atoms with Gasteiger partial charge in [0.2, 0.25) is 0 Å². The number of amides is 1. The lowest BCUT2D eigenvalue weighted by molar-refractivity contribution is -0.143. The van der Waals surface area contributed by atoms with Gasteiger partial charge in [-0.05, 0) is 68.0 Å². The maximum absolute atomic E-state index is 12.9. The molecule has 0 saturated carbocycles. The number of esters is 1. The maximum atomic E-state index is 12.9. The minimum absolute atomic E-state index is 0. The summed E-state index contributed by atoms with van der Waals surface area (Å²) < 4.78 is 10.3. The highest BCUT2D eigenvalue weighted by atomic mass is 35.5. The summed E-state index contributed by atoms with van der Waals surface area (Å²) in [5.74, 6) is 0.764. The van der Waals surface area contributed by atoms with Gasteiger partial charge in [-0.3, -0.25) is 14.6 Å². The zero-order valence-corrected chi connectivity index (χ0v) is 21.6. The Bertz CT molecular complexity index is 862. The monoisotopic (exact) mass is 513 g/mol. The largest absolute Gasteiger partial charge is 0.466 e. The van der Waals surface area contributed by atoms with Crippen molar-refractivity contribution in [3.05, 3.63) is 34.9 Å². The van der Waals surface area contributed by atoms with Gasteiger partial charge in [0.1, 0.15) is 4.91 Å². The molecule has 1 aromatic carbocycles. The number of nitrogens with one attached hydrogen (secondary N) is 1. The van der Waals surface area contributed by atoms with E-state index in [1.54, 1.807) is 18.9 Å². The van der Waals surface area contributed by atoms with Crippen LogP contribution in [0.1, 0.15) is 39.0 Å². The first-order valence-corrected chi connectivity index (χ1v) is 12.8. The molecule has 1 aromatic rings. The Labute approximate surface area is 210 Å². The van der Waals surface area contributed by atoms with Crippen LogP contribution >= 0.6 is 35.9 Å². The third kappa shape index (κ3) is 8.24. The lowest BCUT2D eigenvalue weighted by Gasteiger charge is -2.24. The SMILES string of the molecule is CCOC(=O)CCCCCSc1ccc(NC(=O)C2=C(COC)N3CCCN=C3S2)cc1.Cl. The number of ether oxygens (including phenoxy) is 2. The van der Waals surface area contributed by atoms with E-state index < -0.39 is 0 Å². The number of benzene rings is 1. The van der Waals surface area contributed by atoms with Crippen LogP contribution in [0, 0.1) is 0 Å². The van der Waals surface area contributed by atoms with Crippen LogP contribution in [0.5, 0.6) is 0 Å². The number of halogens is 1. The van der Waals surface area contributed by atoms with Crippen LogP contribution in [0.2, 0.25) is 0 Å². The third-order valence-corrected chi connectivity index (χ3v) is 7.25. The van der Waals surface area contributed by atoms with Crippen LogP contribution in [0.25, 0.3) is 0 Å². The fourth-order valence-electron chi connectivity index (χ4n) is 3.45. The van der Waals surface area contributed by atoms with Crippen LogP contribution in [-0.2, 0) is 19.1 Å². The molecule has 10 heteroatoms. The molecule has 182 valence electrons. The highest BCUT2D eigenvalue weighted by molar-refractivity contribution is 8.18. The molecule has 1 amide bonds. The molecular formula is C23H32ClN3O4S2. The number of thioether (sulfide) groups is 2. The van der Waals surface area contributed by atoms with Crippen molar-refractivity contribution in [3.63, 3.8) is 0 Å². The van der Waals surface area contributed by atoms with Crippen molar-refractivity contribution in [2.45, 2.75) is 43.9 Å². The minimum atomic E-state index is -0.124. The van der Waals surface area contributed by atoms with Crippen LogP contribution in [-0.4, -0.2) is 61.1 Å². The minimum Gasteiger partial charge on any atom is -0.466 e. The van der Waals surface area contributed by atoms with E-state index >= 15 is 0 Å². The summed E-state index contributed by atoms with van der Waals surface area (Å²) in [6, 6.07) is 7.92. The van der Waals surface area contributed by atoms with Crippen LogP contribution in [0.4, 0.5) is 5.69 Å². The van der Waals surface area contributed by atoms with E-state index in [9.17, 15) is 9.59 Å². The first-order chi connectivity index (χ1) is 15.6. The highest BCUT2D eigenvalue weighted by Gasteiger charge is 2.34. The van der Waals surface area contributed by atoms with Crippen molar-refractivity contribution in [1.29, 1.82) is 0 Å². The fraction of sp³-hybridized carbons (Fsp3) is 0.522. The molecule has 0 aromatic heterocycles. The Morgan fingerprint density at radius 1 is 1.21 bits per heavy atom. The fourth-order valence-corrected chi connectivity index (χ4v) is 5.44. The van der Waals surface area contributed by atoms with Crippen molar-refractivity contribution in [2.75, 3.05) is 44.5 Å². The average Bonchev–Trinajstić information content (AvgIpc) is 3.16. The summed E-state index contributed by atoms with van der Waals surface area (Å²) in [4.78, 5) is 32.7. The zero-order chi connectivity index (χ0) is 22.8. The van der Waals surface area contributed by atoms with Gasteiger partial charge in [-0.15, -0.1) is 24.2 Å². The van der Waals surface area contributed by atoms with Crippen LogP contribution in [0.3, 0.4) is 0 Å². The van der Waals surface area contributed by atoms with E-state index in [1.165, 1.54) is 11.8 Å². The predicted molar refractivity (Wildman–Crippen MR) is 138 cm³/mol. The van der Waals surface area contributed by atoms with Crippen molar-refractivity contribution in [3.8, 4) is 0 Å². The van der Waals surface area contributed by atoms with E-state index in [0.29, 0.717) is 24.5 Å². The number of carbonyl (C=O) groups is 2. The van der Waals surface area contributed by atoms with Gasteiger partial charge in [-0.1, -0.05) is 6.42 Å². The van der Waals surface area contributed by atoms with Crippen molar-refractivity contribution < 1.29 is 19.1 Å². The molecule has 33 heavy (non-hydrogen) atoms.